The zero-order chi connectivity index (χ0) is 20.9. The molecule has 30 heavy (non-hydrogen) atoms. The van der Waals surface area contributed by atoms with Gasteiger partial charge < -0.3 is 19.5 Å². The molecule has 2 amide bonds. The second-order valence-corrected chi connectivity index (χ2v) is 8.14. The molecule has 158 valence electrons. The number of piperazine rings is 1. The van der Waals surface area contributed by atoms with Crippen LogP contribution in [0.25, 0.3) is 6.08 Å². The molecule has 6 nitrogen and oxygen atoms in total. The summed E-state index contributed by atoms with van der Waals surface area (Å²) in [5.41, 5.74) is 1.19. The number of anilines is 1. The number of furan rings is 1. The predicted molar refractivity (Wildman–Crippen MR) is 117 cm³/mol. The highest BCUT2D eigenvalue weighted by atomic mass is 16.3. The smallest absolute Gasteiger partial charge is 0.244 e. The Balaban J connectivity index is 1.15. The lowest BCUT2D eigenvalue weighted by molar-refractivity contribution is -0.131. The van der Waals surface area contributed by atoms with E-state index in [0.717, 1.165) is 18.8 Å². The maximum atomic E-state index is 12.4. The number of hydrogen-bond donors (Lipinski definition) is 1. The van der Waals surface area contributed by atoms with Crippen molar-refractivity contribution < 1.29 is 14.0 Å². The molecule has 0 bridgehead atoms. The quantitative estimate of drug-likeness (QED) is 0.716. The van der Waals surface area contributed by atoms with Gasteiger partial charge in [0.15, 0.2) is 0 Å². The monoisotopic (exact) mass is 407 g/mol. The van der Waals surface area contributed by atoms with Crippen LogP contribution in [-0.4, -0.2) is 49.4 Å². The molecule has 1 N–H and O–H groups in total. The number of rotatable bonds is 7. The van der Waals surface area contributed by atoms with Crippen LogP contribution >= 0.6 is 0 Å². The van der Waals surface area contributed by atoms with Crippen LogP contribution in [-0.2, 0) is 9.59 Å². The van der Waals surface area contributed by atoms with Crippen molar-refractivity contribution in [2.75, 3.05) is 37.6 Å². The van der Waals surface area contributed by atoms with E-state index in [4.69, 9.17) is 4.42 Å². The van der Waals surface area contributed by atoms with Crippen molar-refractivity contribution in [3.8, 4) is 0 Å². The lowest BCUT2D eigenvalue weighted by atomic mass is 10.2. The molecule has 0 radical (unpaired) electrons. The van der Waals surface area contributed by atoms with Crippen LogP contribution in [0.4, 0.5) is 5.69 Å². The van der Waals surface area contributed by atoms with Gasteiger partial charge in [0.05, 0.1) is 0 Å². The fraction of sp³-hybridized carbons (Fsp3) is 0.417. The van der Waals surface area contributed by atoms with Crippen molar-refractivity contribution in [1.29, 1.82) is 0 Å². The Bertz CT molecular complexity index is 897. The number of carbonyl (C=O) groups is 2. The Morgan fingerprint density at radius 3 is 2.53 bits per heavy atom. The highest BCUT2D eigenvalue weighted by molar-refractivity contribution is 5.91. The second kappa shape index (κ2) is 9.20. The van der Waals surface area contributed by atoms with Crippen LogP contribution in [0.2, 0.25) is 0 Å². The minimum atomic E-state index is -0.213. The van der Waals surface area contributed by atoms with E-state index in [2.05, 4.69) is 29.3 Å². The Labute approximate surface area is 177 Å². The molecule has 1 saturated carbocycles. The number of benzene rings is 1. The highest BCUT2D eigenvalue weighted by Gasteiger charge is 2.36. The topological polar surface area (TPSA) is 65.8 Å². The van der Waals surface area contributed by atoms with E-state index >= 15 is 0 Å². The van der Waals surface area contributed by atoms with Gasteiger partial charge in [0.1, 0.15) is 11.5 Å². The molecule has 1 saturated heterocycles. The van der Waals surface area contributed by atoms with Gasteiger partial charge in [-0.3, -0.25) is 9.59 Å². The largest absolute Gasteiger partial charge is 0.461 e. The van der Waals surface area contributed by atoms with Gasteiger partial charge in [-0.25, -0.2) is 0 Å². The molecule has 1 aliphatic heterocycles. The van der Waals surface area contributed by atoms with Crippen LogP contribution in [0.15, 0.2) is 53.0 Å². The molecule has 1 aliphatic carbocycles. The summed E-state index contributed by atoms with van der Waals surface area (Å²) in [6.45, 7) is 5.62. The fourth-order valence-corrected chi connectivity index (χ4v) is 3.90. The van der Waals surface area contributed by atoms with Gasteiger partial charge >= 0.3 is 0 Å². The molecule has 2 fully saturated rings. The van der Waals surface area contributed by atoms with E-state index in [9.17, 15) is 9.59 Å². The van der Waals surface area contributed by atoms with E-state index in [-0.39, 0.29) is 11.8 Å². The van der Waals surface area contributed by atoms with Crippen molar-refractivity contribution >= 4 is 23.6 Å². The minimum absolute atomic E-state index is 0.0845. The van der Waals surface area contributed by atoms with E-state index in [1.54, 1.807) is 6.08 Å². The molecule has 1 aromatic heterocycles. The Morgan fingerprint density at radius 2 is 1.83 bits per heavy atom. The lowest BCUT2D eigenvalue weighted by Gasteiger charge is -2.36. The van der Waals surface area contributed by atoms with Crippen molar-refractivity contribution in [2.24, 2.45) is 5.92 Å². The number of amides is 2. The Kier molecular flexibility index (Phi) is 6.21. The highest BCUT2D eigenvalue weighted by Crippen LogP contribution is 2.47. The summed E-state index contributed by atoms with van der Waals surface area (Å²) in [6, 6.07) is 14.1. The molecule has 1 aromatic carbocycles. The molecular weight excluding hydrogens is 378 g/mol. The zero-order valence-electron chi connectivity index (χ0n) is 17.4. The van der Waals surface area contributed by atoms with Gasteiger partial charge in [-0.1, -0.05) is 25.1 Å². The molecule has 2 atom stereocenters. The summed E-state index contributed by atoms with van der Waals surface area (Å²) < 4.78 is 5.76. The van der Waals surface area contributed by atoms with Crippen LogP contribution in [0.5, 0.6) is 0 Å². The Hall–Kier alpha value is -3.02. The number of carbonyl (C=O) groups excluding carboxylic acids is 2. The van der Waals surface area contributed by atoms with Crippen LogP contribution in [0, 0.1) is 5.92 Å². The number of nitrogens with one attached hydrogen (secondary N) is 1. The van der Waals surface area contributed by atoms with Gasteiger partial charge in [0.2, 0.25) is 11.8 Å². The number of para-hydroxylation sites is 1. The molecular formula is C24H29N3O3. The molecule has 4 rings (SSSR count). The lowest BCUT2D eigenvalue weighted by Crippen LogP contribution is -2.49. The van der Waals surface area contributed by atoms with E-state index < -0.39 is 0 Å². The second-order valence-electron chi connectivity index (χ2n) is 8.14. The molecule has 2 aliphatic rings. The first-order valence-corrected chi connectivity index (χ1v) is 10.7. The third-order valence-corrected chi connectivity index (χ3v) is 5.91. The van der Waals surface area contributed by atoms with Crippen LogP contribution in [0.3, 0.4) is 0 Å². The zero-order valence-corrected chi connectivity index (χ0v) is 17.4. The first-order chi connectivity index (χ1) is 14.6. The van der Waals surface area contributed by atoms with E-state index in [1.165, 1.54) is 18.2 Å². The van der Waals surface area contributed by atoms with Crippen LogP contribution < -0.4 is 10.2 Å². The first-order valence-electron chi connectivity index (χ1n) is 10.7. The molecule has 6 heteroatoms. The summed E-state index contributed by atoms with van der Waals surface area (Å²) in [6.07, 6.45) is 4.63. The summed E-state index contributed by atoms with van der Waals surface area (Å²) in [7, 11) is 0. The summed E-state index contributed by atoms with van der Waals surface area (Å²) in [4.78, 5) is 28.6. The molecule has 0 spiro atoms. The fourth-order valence-electron chi connectivity index (χ4n) is 3.90. The molecule has 2 aromatic rings. The van der Waals surface area contributed by atoms with E-state index in [1.807, 2.05) is 35.2 Å². The van der Waals surface area contributed by atoms with Gasteiger partial charge in [-0.2, -0.15) is 0 Å². The molecule has 2 heterocycles. The third kappa shape index (κ3) is 5.12. The van der Waals surface area contributed by atoms with Crippen molar-refractivity contribution in [3.05, 3.63) is 60.1 Å². The normalized spacial score (nSPS) is 21.1. The van der Waals surface area contributed by atoms with Gasteiger partial charge in [-0.05, 0) is 42.7 Å². The van der Waals surface area contributed by atoms with Crippen molar-refractivity contribution in [2.45, 2.75) is 25.7 Å². The number of hydrogen-bond acceptors (Lipinski definition) is 4. The summed E-state index contributed by atoms with van der Waals surface area (Å²) in [5.74, 6) is 2.78. The summed E-state index contributed by atoms with van der Waals surface area (Å²) >= 11 is 0. The number of nitrogens with zero attached hydrogens (tertiary/aromatic N) is 2. The van der Waals surface area contributed by atoms with Gasteiger partial charge in [0, 0.05) is 56.8 Å². The third-order valence-electron chi connectivity index (χ3n) is 5.91. The average Bonchev–Trinajstić information content (AvgIpc) is 3.32. The van der Waals surface area contributed by atoms with Gasteiger partial charge in [-0.15, -0.1) is 0 Å². The maximum absolute atomic E-state index is 12.4. The molecule has 2 unspecified atom stereocenters. The standard InChI is InChI=1S/C24H29N3O3/c1-18-17-21(18)22-9-7-20(30-22)8-10-23(28)25-12-11-24(29)27-15-13-26(14-16-27)19-5-3-2-4-6-19/h2-10,18,21H,11-17H2,1H3,(H,25,28)/b10-8+. The van der Waals surface area contributed by atoms with Crippen molar-refractivity contribution in [1.82, 2.24) is 10.2 Å². The predicted octanol–water partition coefficient (Wildman–Crippen LogP) is 3.27. The van der Waals surface area contributed by atoms with Crippen molar-refractivity contribution in [3.63, 3.8) is 0 Å². The van der Waals surface area contributed by atoms with E-state index in [0.29, 0.717) is 43.7 Å². The average molecular weight is 408 g/mol. The Morgan fingerprint density at radius 1 is 1.10 bits per heavy atom. The SMILES string of the molecule is CC1CC1c1ccc(/C=C/C(=O)NCCC(=O)N2CCN(c3ccccc3)CC2)o1. The maximum Gasteiger partial charge on any atom is 0.244 e. The first kappa shape index (κ1) is 20.3. The summed E-state index contributed by atoms with van der Waals surface area (Å²) in [5, 5.41) is 2.78. The van der Waals surface area contributed by atoms with Crippen LogP contribution in [0.1, 0.15) is 37.2 Å². The minimum Gasteiger partial charge on any atom is -0.461 e. The van der Waals surface area contributed by atoms with Gasteiger partial charge in [0.25, 0.3) is 0 Å².